The van der Waals surface area contributed by atoms with Gasteiger partial charge in [-0.1, -0.05) is 48.5 Å². The highest BCUT2D eigenvalue weighted by Crippen LogP contribution is 2.21. The minimum Gasteiger partial charge on any atom is -0.451 e. The number of ether oxygens (including phenoxy) is 1. The third-order valence-corrected chi connectivity index (χ3v) is 4.29. The lowest BCUT2D eigenvalue weighted by Crippen LogP contribution is -2.34. The van der Waals surface area contributed by atoms with E-state index in [-0.39, 0.29) is 18.2 Å². The summed E-state index contributed by atoms with van der Waals surface area (Å²) in [5.74, 6) is -0.236. The maximum atomic E-state index is 12.4. The Hall–Kier alpha value is -3.41. The summed E-state index contributed by atoms with van der Waals surface area (Å²) >= 11 is 0. The van der Waals surface area contributed by atoms with Crippen LogP contribution < -0.4 is 0 Å². The van der Waals surface area contributed by atoms with Crippen LogP contribution in [0.15, 0.2) is 65.1 Å². The van der Waals surface area contributed by atoms with Crippen LogP contribution in [-0.4, -0.2) is 34.9 Å². The van der Waals surface area contributed by atoms with Crippen molar-refractivity contribution in [2.75, 3.05) is 13.2 Å². The first-order chi connectivity index (χ1) is 13.6. The molecule has 3 aromatic rings. The molecule has 0 saturated carbocycles. The minimum atomic E-state index is -0.674. The zero-order valence-electron chi connectivity index (χ0n) is 15.9. The second kappa shape index (κ2) is 8.99. The molecule has 2 aromatic carbocycles. The lowest BCUT2D eigenvalue weighted by atomic mass is 10.2. The topological polar surface area (TPSA) is 72.6 Å². The maximum Gasteiger partial charge on any atom is 0.361 e. The summed E-state index contributed by atoms with van der Waals surface area (Å²) in [6.07, 6.45) is 0. The first-order valence-electron chi connectivity index (χ1n) is 9.10. The molecule has 6 nitrogen and oxygen atoms in total. The quantitative estimate of drug-likeness (QED) is 0.584. The predicted octanol–water partition coefficient (Wildman–Crippen LogP) is 3.86. The summed E-state index contributed by atoms with van der Waals surface area (Å²) < 4.78 is 10.8. The van der Waals surface area contributed by atoms with Gasteiger partial charge in [0.2, 0.25) is 5.89 Å². The average Bonchev–Trinajstić information content (AvgIpc) is 3.13. The second-order valence-corrected chi connectivity index (χ2v) is 6.26. The number of esters is 1. The fourth-order valence-electron chi connectivity index (χ4n) is 2.76. The third kappa shape index (κ3) is 4.65. The van der Waals surface area contributed by atoms with Crippen LogP contribution in [0.1, 0.15) is 28.7 Å². The number of likely N-dealkylation sites (N-methyl/N-ethyl adjacent to an activating group) is 1. The van der Waals surface area contributed by atoms with Gasteiger partial charge in [-0.25, -0.2) is 9.78 Å². The predicted molar refractivity (Wildman–Crippen MR) is 104 cm³/mol. The molecule has 28 heavy (non-hydrogen) atoms. The molecule has 0 spiro atoms. The molecule has 0 aliphatic carbocycles. The fourth-order valence-corrected chi connectivity index (χ4v) is 2.76. The molecule has 6 heteroatoms. The zero-order valence-corrected chi connectivity index (χ0v) is 15.9. The van der Waals surface area contributed by atoms with Gasteiger partial charge in [0.05, 0.1) is 0 Å². The van der Waals surface area contributed by atoms with Crippen LogP contribution in [0, 0.1) is 6.92 Å². The molecule has 0 fully saturated rings. The Morgan fingerprint density at radius 1 is 1.04 bits per heavy atom. The van der Waals surface area contributed by atoms with Gasteiger partial charge < -0.3 is 14.1 Å². The van der Waals surface area contributed by atoms with E-state index in [0.29, 0.717) is 24.7 Å². The van der Waals surface area contributed by atoms with E-state index in [9.17, 15) is 9.59 Å². The molecule has 0 unspecified atom stereocenters. The smallest absolute Gasteiger partial charge is 0.361 e. The van der Waals surface area contributed by atoms with E-state index in [1.165, 1.54) is 0 Å². The fraction of sp³-hybridized carbons (Fsp3) is 0.227. The highest BCUT2D eigenvalue weighted by atomic mass is 16.5. The van der Waals surface area contributed by atoms with Crippen molar-refractivity contribution in [2.45, 2.75) is 20.4 Å². The molecule has 0 aliphatic rings. The summed E-state index contributed by atoms with van der Waals surface area (Å²) in [6.45, 7) is 4.18. The van der Waals surface area contributed by atoms with E-state index in [2.05, 4.69) is 4.98 Å². The molecule has 3 rings (SSSR count). The van der Waals surface area contributed by atoms with Crippen molar-refractivity contribution < 1.29 is 18.7 Å². The second-order valence-electron chi connectivity index (χ2n) is 6.26. The van der Waals surface area contributed by atoms with Crippen LogP contribution in [-0.2, 0) is 16.1 Å². The molecule has 0 N–H and O–H groups in total. The van der Waals surface area contributed by atoms with Crippen molar-refractivity contribution in [3.05, 3.63) is 77.7 Å². The molecule has 0 atom stereocenters. The molecule has 0 radical (unpaired) electrons. The number of oxazole rings is 1. The van der Waals surface area contributed by atoms with E-state index in [4.69, 9.17) is 9.15 Å². The molecule has 1 aromatic heterocycles. The van der Waals surface area contributed by atoms with Crippen LogP contribution in [0.3, 0.4) is 0 Å². The first-order valence-corrected chi connectivity index (χ1v) is 9.10. The van der Waals surface area contributed by atoms with E-state index in [1.54, 1.807) is 11.8 Å². The van der Waals surface area contributed by atoms with Gasteiger partial charge in [0.15, 0.2) is 12.3 Å². The van der Waals surface area contributed by atoms with Crippen LogP contribution in [0.2, 0.25) is 0 Å². The summed E-state index contributed by atoms with van der Waals surface area (Å²) in [4.78, 5) is 30.7. The summed E-state index contributed by atoms with van der Waals surface area (Å²) in [5.41, 5.74) is 1.86. The van der Waals surface area contributed by atoms with Crippen molar-refractivity contribution in [1.82, 2.24) is 9.88 Å². The van der Waals surface area contributed by atoms with E-state index in [0.717, 1.165) is 11.1 Å². The zero-order chi connectivity index (χ0) is 19.9. The molecule has 1 amide bonds. The van der Waals surface area contributed by atoms with Crippen molar-refractivity contribution in [1.29, 1.82) is 0 Å². The van der Waals surface area contributed by atoms with Gasteiger partial charge in [-0.15, -0.1) is 0 Å². The average molecular weight is 378 g/mol. The van der Waals surface area contributed by atoms with Gasteiger partial charge in [0.1, 0.15) is 5.76 Å². The van der Waals surface area contributed by atoms with Crippen LogP contribution >= 0.6 is 0 Å². The number of hydrogen-bond donors (Lipinski definition) is 0. The highest BCUT2D eigenvalue weighted by molar-refractivity contribution is 5.90. The molecule has 0 saturated heterocycles. The van der Waals surface area contributed by atoms with E-state index in [1.807, 2.05) is 67.6 Å². The van der Waals surface area contributed by atoms with E-state index >= 15 is 0 Å². The lowest BCUT2D eigenvalue weighted by molar-refractivity contribution is -0.135. The first kappa shape index (κ1) is 19.4. The van der Waals surface area contributed by atoms with Gasteiger partial charge >= 0.3 is 5.97 Å². The van der Waals surface area contributed by atoms with Crippen molar-refractivity contribution >= 4 is 11.9 Å². The Balaban J connectivity index is 1.62. The Bertz CT molecular complexity index is 936. The number of carbonyl (C=O) groups is 2. The number of carbonyl (C=O) groups excluding carboxylic acids is 2. The van der Waals surface area contributed by atoms with Gasteiger partial charge in [-0.2, -0.15) is 0 Å². The molecule has 0 aliphatic heterocycles. The molecule has 0 bridgehead atoms. The number of rotatable bonds is 7. The normalized spacial score (nSPS) is 10.5. The van der Waals surface area contributed by atoms with Crippen LogP contribution in [0.5, 0.6) is 0 Å². The van der Waals surface area contributed by atoms with Crippen molar-refractivity contribution in [3.8, 4) is 11.5 Å². The van der Waals surface area contributed by atoms with Gasteiger partial charge in [-0.05, 0) is 31.5 Å². The summed E-state index contributed by atoms with van der Waals surface area (Å²) in [6, 6.07) is 18.9. The Morgan fingerprint density at radius 2 is 1.68 bits per heavy atom. The summed E-state index contributed by atoms with van der Waals surface area (Å²) in [7, 11) is 0. The van der Waals surface area contributed by atoms with Crippen molar-refractivity contribution in [2.24, 2.45) is 0 Å². The van der Waals surface area contributed by atoms with Gasteiger partial charge in [0.25, 0.3) is 5.91 Å². The number of aryl methyl sites for hydroxylation is 1. The highest BCUT2D eigenvalue weighted by Gasteiger charge is 2.21. The van der Waals surface area contributed by atoms with Gasteiger partial charge in [-0.3, -0.25) is 4.79 Å². The van der Waals surface area contributed by atoms with Crippen LogP contribution in [0.25, 0.3) is 11.5 Å². The Labute approximate surface area is 163 Å². The van der Waals surface area contributed by atoms with Gasteiger partial charge in [0, 0.05) is 18.7 Å². The summed E-state index contributed by atoms with van der Waals surface area (Å²) in [5, 5.41) is 0. The Kier molecular flexibility index (Phi) is 6.22. The molecular weight excluding hydrogens is 356 g/mol. The monoisotopic (exact) mass is 378 g/mol. The Morgan fingerprint density at radius 3 is 2.32 bits per heavy atom. The minimum absolute atomic E-state index is 0.0813. The lowest BCUT2D eigenvalue weighted by Gasteiger charge is -2.20. The number of aromatic nitrogens is 1. The molecule has 1 heterocycles. The van der Waals surface area contributed by atoms with Crippen molar-refractivity contribution in [3.63, 3.8) is 0 Å². The SMILES string of the molecule is CCN(Cc1ccccc1)C(=O)COC(=O)c1nc(-c2ccccc2)oc1C. The third-order valence-electron chi connectivity index (χ3n) is 4.29. The number of benzene rings is 2. The standard InChI is InChI=1S/C22H22N2O4/c1-3-24(14-17-10-6-4-7-11-17)19(25)15-27-22(26)20-16(2)28-21(23-20)18-12-8-5-9-13-18/h4-13H,3,14-15H2,1-2H3. The van der Waals surface area contributed by atoms with Crippen LogP contribution in [0.4, 0.5) is 0 Å². The molecule has 144 valence electrons. The largest absolute Gasteiger partial charge is 0.451 e. The number of amides is 1. The number of hydrogen-bond acceptors (Lipinski definition) is 5. The van der Waals surface area contributed by atoms with E-state index < -0.39 is 5.97 Å². The number of nitrogens with zero attached hydrogens (tertiary/aromatic N) is 2. The molecular formula is C22H22N2O4. The maximum absolute atomic E-state index is 12.4.